The highest BCUT2D eigenvalue weighted by Gasteiger charge is 2.28. The zero-order valence-corrected chi connectivity index (χ0v) is 15.0. The van der Waals surface area contributed by atoms with E-state index in [1.54, 1.807) is 6.92 Å². The first kappa shape index (κ1) is 17.8. The van der Waals surface area contributed by atoms with Crippen molar-refractivity contribution in [2.75, 3.05) is 0 Å². The van der Waals surface area contributed by atoms with Crippen molar-refractivity contribution in [3.63, 3.8) is 0 Å². The predicted octanol–water partition coefficient (Wildman–Crippen LogP) is 5.62. The first-order valence-corrected chi connectivity index (χ1v) is 8.34. The molecular formula is C23H23O. The number of benzene rings is 2. The van der Waals surface area contributed by atoms with Crippen LogP contribution in [0.1, 0.15) is 44.4 Å². The average molecular weight is 315 g/mol. The molecule has 2 aromatic carbocycles. The third-order valence-electron chi connectivity index (χ3n) is 3.83. The molecule has 2 aromatic rings. The van der Waals surface area contributed by atoms with E-state index >= 15 is 0 Å². The molecule has 121 valence electrons. The summed E-state index contributed by atoms with van der Waals surface area (Å²) < 4.78 is 0. The van der Waals surface area contributed by atoms with Crippen LogP contribution in [0.5, 0.6) is 0 Å². The van der Waals surface area contributed by atoms with E-state index in [4.69, 9.17) is 0 Å². The second-order valence-corrected chi connectivity index (χ2v) is 5.53. The number of ketones is 1. The fourth-order valence-corrected chi connectivity index (χ4v) is 2.57. The Morgan fingerprint density at radius 1 is 0.958 bits per heavy atom. The highest BCUT2D eigenvalue weighted by molar-refractivity contribution is 6.17. The zero-order valence-electron chi connectivity index (χ0n) is 15.0. The third kappa shape index (κ3) is 3.84. The molecule has 0 fully saturated rings. The van der Waals surface area contributed by atoms with Gasteiger partial charge in [-0.15, -0.1) is 5.92 Å². The molecule has 24 heavy (non-hydrogen) atoms. The van der Waals surface area contributed by atoms with E-state index in [9.17, 15) is 4.79 Å². The van der Waals surface area contributed by atoms with Gasteiger partial charge in [-0.25, -0.2) is 0 Å². The van der Waals surface area contributed by atoms with Gasteiger partial charge in [0.1, 0.15) is 0 Å². The van der Waals surface area contributed by atoms with Gasteiger partial charge in [0.25, 0.3) is 0 Å². The van der Waals surface area contributed by atoms with E-state index in [1.807, 2.05) is 27.2 Å². The molecular weight excluding hydrogens is 292 g/mol. The Morgan fingerprint density at radius 3 is 2.12 bits per heavy atom. The third-order valence-corrected chi connectivity index (χ3v) is 3.83. The maximum Gasteiger partial charge on any atom is 0.156 e. The van der Waals surface area contributed by atoms with Crippen LogP contribution in [0.3, 0.4) is 0 Å². The van der Waals surface area contributed by atoms with Crippen LogP contribution in [0.4, 0.5) is 0 Å². The van der Waals surface area contributed by atoms with Gasteiger partial charge in [-0.1, -0.05) is 61.7 Å². The molecule has 3 rings (SSSR count). The lowest BCUT2D eigenvalue weighted by molar-refractivity contribution is -0.113. The molecule has 0 saturated carbocycles. The van der Waals surface area contributed by atoms with Crippen molar-refractivity contribution in [3.05, 3.63) is 71.1 Å². The van der Waals surface area contributed by atoms with E-state index in [0.717, 1.165) is 27.8 Å². The number of carbonyl (C=O) groups is 1. The molecule has 0 bridgehead atoms. The summed E-state index contributed by atoms with van der Waals surface area (Å²) in [6.45, 7) is 9.52. The molecule has 1 aliphatic rings. The van der Waals surface area contributed by atoms with Gasteiger partial charge in [-0.05, 0) is 49.1 Å². The quantitative estimate of drug-likeness (QED) is 0.672. The van der Waals surface area contributed by atoms with E-state index in [-0.39, 0.29) is 5.78 Å². The molecule has 1 radical (unpaired) electrons. The van der Waals surface area contributed by atoms with Crippen molar-refractivity contribution in [1.82, 2.24) is 0 Å². The molecule has 0 N–H and O–H groups in total. The SMILES string of the molecule is CC.CC#Cc1cc(-c2ccc(C)cc2)ccc1C1=C(C(C)=O)[CH]1. The number of rotatable bonds is 3. The minimum atomic E-state index is 0.119. The van der Waals surface area contributed by atoms with Crippen molar-refractivity contribution < 1.29 is 4.79 Å². The van der Waals surface area contributed by atoms with Crippen LogP contribution in [0.25, 0.3) is 16.7 Å². The van der Waals surface area contributed by atoms with Gasteiger partial charge in [0.05, 0.1) is 0 Å². The standard InChI is InChI=1S/C21H17O.C2H6/c1-4-5-18-12-17(16-8-6-14(2)7-9-16)10-11-19(18)21-13-20(21)15(3)22;1-2/h6-13H,1-3H3;1-2H3. The Hall–Kier alpha value is -2.59. The van der Waals surface area contributed by atoms with E-state index in [2.05, 4.69) is 61.2 Å². The summed E-state index contributed by atoms with van der Waals surface area (Å²) in [6.07, 6.45) is 1.93. The number of hydrogen-bond donors (Lipinski definition) is 0. The number of hydrogen-bond acceptors (Lipinski definition) is 1. The number of Topliss-reactive ketones (excluding diaryl/α,β-unsaturated/α-hetero) is 1. The van der Waals surface area contributed by atoms with Crippen LogP contribution in [0.2, 0.25) is 0 Å². The van der Waals surface area contributed by atoms with E-state index < -0.39 is 0 Å². The van der Waals surface area contributed by atoms with Crippen molar-refractivity contribution >= 4 is 11.4 Å². The van der Waals surface area contributed by atoms with Crippen LogP contribution in [0.15, 0.2) is 48.0 Å². The Kier molecular flexibility index (Phi) is 5.77. The Labute approximate surface area is 145 Å². The van der Waals surface area contributed by atoms with Gasteiger partial charge >= 0.3 is 0 Å². The molecule has 0 heterocycles. The molecule has 0 aromatic heterocycles. The molecule has 0 unspecified atom stereocenters. The van der Waals surface area contributed by atoms with Gasteiger partial charge in [0.15, 0.2) is 5.78 Å². The summed E-state index contributed by atoms with van der Waals surface area (Å²) in [5, 5.41) is 0. The molecule has 0 atom stereocenters. The summed E-state index contributed by atoms with van der Waals surface area (Å²) >= 11 is 0. The lowest BCUT2D eigenvalue weighted by atomic mass is 9.97. The molecule has 0 spiro atoms. The molecule has 1 nitrogen and oxygen atoms in total. The van der Waals surface area contributed by atoms with Crippen LogP contribution < -0.4 is 0 Å². The maximum atomic E-state index is 11.5. The number of carbonyl (C=O) groups excluding carboxylic acids is 1. The van der Waals surface area contributed by atoms with Crippen molar-refractivity contribution in [2.45, 2.75) is 34.6 Å². The van der Waals surface area contributed by atoms with Gasteiger partial charge in [0, 0.05) is 17.6 Å². The maximum absolute atomic E-state index is 11.5. The average Bonchev–Trinajstić information content (AvgIpc) is 3.38. The lowest BCUT2D eigenvalue weighted by Crippen LogP contribution is -1.87. The minimum Gasteiger partial charge on any atom is -0.295 e. The first-order chi connectivity index (χ1) is 11.6. The molecule has 1 heteroatoms. The van der Waals surface area contributed by atoms with Crippen LogP contribution in [-0.4, -0.2) is 5.78 Å². The highest BCUT2D eigenvalue weighted by atomic mass is 16.1. The van der Waals surface area contributed by atoms with Gasteiger partial charge < -0.3 is 0 Å². The molecule has 0 aliphatic heterocycles. The van der Waals surface area contributed by atoms with Crippen LogP contribution in [0, 0.1) is 25.2 Å². The normalized spacial score (nSPS) is 11.9. The van der Waals surface area contributed by atoms with Gasteiger partial charge in [-0.2, -0.15) is 0 Å². The van der Waals surface area contributed by atoms with Crippen LogP contribution in [-0.2, 0) is 4.79 Å². The molecule has 0 saturated heterocycles. The lowest BCUT2D eigenvalue weighted by Gasteiger charge is -2.06. The van der Waals surface area contributed by atoms with E-state index in [0.29, 0.717) is 0 Å². The number of aryl methyl sites for hydroxylation is 1. The largest absolute Gasteiger partial charge is 0.295 e. The summed E-state index contributed by atoms with van der Waals surface area (Å²) in [7, 11) is 0. The minimum absolute atomic E-state index is 0.119. The second kappa shape index (κ2) is 7.79. The highest BCUT2D eigenvalue weighted by Crippen LogP contribution is 2.41. The Bertz CT molecular complexity index is 840. The fraction of sp³-hybridized carbons (Fsp3) is 0.217. The molecule has 1 aliphatic carbocycles. The zero-order chi connectivity index (χ0) is 17.7. The summed E-state index contributed by atoms with van der Waals surface area (Å²) in [5.41, 5.74) is 7.45. The van der Waals surface area contributed by atoms with Crippen LogP contribution >= 0.6 is 0 Å². The summed E-state index contributed by atoms with van der Waals surface area (Å²) in [6, 6.07) is 14.7. The van der Waals surface area contributed by atoms with Gasteiger partial charge in [0.2, 0.25) is 0 Å². The van der Waals surface area contributed by atoms with Gasteiger partial charge in [-0.3, -0.25) is 4.79 Å². The predicted molar refractivity (Wildman–Crippen MR) is 102 cm³/mol. The monoisotopic (exact) mass is 315 g/mol. The number of allylic oxidation sites excluding steroid dienone is 2. The second-order valence-electron chi connectivity index (χ2n) is 5.53. The smallest absolute Gasteiger partial charge is 0.156 e. The van der Waals surface area contributed by atoms with E-state index in [1.165, 1.54) is 11.1 Å². The van der Waals surface area contributed by atoms with Crippen molar-refractivity contribution in [3.8, 4) is 23.0 Å². The Balaban J connectivity index is 0.00000100. The summed E-state index contributed by atoms with van der Waals surface area (Å²) in [4.78, 5) is 11.5. The summed E-state index contributed by atoms with van der Waals surface area (Å²) in [5.74, 6) is 6.25. The van der Waals surface area contributed by atoms with Crippen molar-refractivity contribution in [2.24, 2.45) is 0 Å². The Morgan fingerprint density at radius 2 is 1.58 bits per heavy atom. The fourth-order valence-electron chi connectivity index (χ4n) is 2.57. The first-order valence-electron chi connectivity index (χ1n) is 8.34. The topological polar surface area (TPSA) is 17.1 Å². The van der Waals surface area contributed by atoms with Crippen molar-refractivity contribution in [1.29, 1.82) is 0 Å². The molecule has 0 amide bonds.